The number of aromatic nitrogens is 3. The Balaban J connectivity index is 2.24. The van der Waals surface area contributed by atoms with Crippen LogP contribution in [0.2, 0.25) is 0 Å². The second kappa shape index (κ2) is 6.68. The van der Waals surface area contributed by atoms with Gasteiger partial charge in [-0.25, -0.2) is 9.97 Å². The number of rotatable bonds is 6. The van der Waals surface area contributed by atoms with Crippen LogP contribution in [-0.2, 0) is 6.42 Å². The Morgan fingerprint density at radius 3 is 2.68 bits per heavy atom. The van der Waals surface area contributed by atoms with Crippen LogP contribution in [0.4, 0.5) is 5.82 Å². The molecule has 5 nitrogen and oxygen atoms in total. The molecule has 0 atom stereocenters. The molecule has 0 bridgehead atoms. The van der Waals surface area contributed by atoms with Gasteiger partial charge < -0.3 is 10.1 Å². The molecule has 0 amide bonds. The number of anilines is 1. The number of ether oxygens (including phenoxy) is 1. The highest BCUT2D eigenvalue weighted by Gasteiger charge is 2.11. The lowest BCUT2D eigenvalue weighted by Crippen LogP contribution is -2.07. The lowest BCUT2D eigenvalue weighted by Gasteiger charge is -2.12. The quantitative estimate of drug-likeness (QED) is 0.861. The van der Waals surface area contributed by atoms with Gasteiger partial charge >= 0.3 is 0 Å². The van der Waals surface area contributed by atoms with E-state index in [1.807, 2.05) is 12.1 Å². The van der Waals surface area contributed by atoms with Gasteiger partial charge in [-0.3, -0.25) is 4.98 Å². The minimum Gasteiger partial charge on any atom is -0.491 e. The summed E-state index contributed by atoms with van der Waals surface area (Å²) in [6.45, 7) is 2.97. The lowest BCUT2D eigenvalue weighted by atomic mass is 10.1. The Morgan fingerprint density at radius 1 is 1.21 bits per heavy atom. The van der Waals surface area contributed by atoms with Crippen LogP contribution in [0.1, 0.15) is 24.6 Å². The van der Waals surface area contributed by atoms with Crippen LogP contribution in [0.25, 0.3) is 0 Å². The van der Waals surface area contributed by atoms with Crippen molar-refractivity contribution in [3.05, 3.63) is 42.1 Å². The summed E-state index contributed by atoms with van der Waals surface area (Å²) in [5.41, 5.74) is 2.02. The van der Waals surface area contributed by atoms with Crippen LogP contribution in [0.5, 0.6) is 5.75 Å². The van der Waals surface area contributed by atoms with Crippen molar-refractivity contribution >= 4 is 5.82 Å². The van der Waals surface area contributed by atoms with Gasteiger partial charge in [0.05, 0.1) is 12.8 Å². The largest absolute Gasteiger partial charge is 0.491 e. The molecule has 100 valence electrons. The number of methoxy groups -OCH3 is 1. The fraction of sp³-hybridized carbons (Fsp3) is 0.357. The summed E-state index contributed by atoms with van der Waals surface area (Å²) in [7, 11) is 1.64. The third kappa shape index (κ3) is 3.40. The van der Waals surface area contributed by atoms with Gasteiger partial charge in [0.1, 0.15) is 6.33 Å². The molecule has 0 unspecified atom stereocenters. The summed E-state index contributed by atoms with van der Waals surface area (Å²) < 4.78 is 5.44. The van der Waals surface area contributed by atoms with Gasteiger partial charge in [0.25, 0.3) is 0 Å². The Bertz CT molecular complexity index is 516. The predicted octanol–water partition coefficient (Wildman–Crippen LogP) is 2.29. The van der Waals surface area contributed by atoms with Crippen LogP contribution >= 0.6 is 0 Å². The van der Waals surface area contributed by atoms with E-state index in [-0.39, 0.29) is 0 Å². The van der Waals surface area contributed by atoms with Crippen LogP contribution < -0.4 is 10.1 Å². The number of nitrogens with zero attached hydrogens (tertiary/aromatic N) is 3. The maximum absolute atomic E-state index is 5.44. The molecule has 0 aliphatic carbocycles. The predicted molar refractivity (Wildman–Crippen MR) is 74.4 cm³/mol. The summed E-state index contributed by atoms with van der Waals surface area (Å²) in [4.78, 5) is 12.6. The highest BCUT2D eigenvalue weighted by molar-refractivity contribution is 5.52. The van der Waals surface area contributed by atoms with Crippen LogP contribution in [0.3, 0.4) is 0 Å². The van der Waals surface area contributed by atoms with Gasteiger partial charge in [-0.2, -0.15) is 0 Å². The van der Waals surface area contributed by atoms with Gasteiger partial charge in [0.15, 0.2) is 11.6 Å². The number of pyridine rings is 1. The molecule has 0 saturated carbocycles. The van der Waals surface area contributed by atoms with Gasteiger partial charge in [0, 0.05) is 25.4 Å². The molecule has 1 N–H and O–H groups in total. The second-order valence-corrected chi connectivity index (χ2v) is 4.16. The first-order chi connectivity index (χ1) is 9.35. The van der Waals surface area contributed by atoms with E-state index in [2.05, 4.69) is 27.2 Å². The zero-order chi connectivity index (χ0) is 13.5. The third-order valence-electron chi connectivity index (χ3n) is 2.75. The first kappa shape index (κ1) is 13.3. The smallest absolute Gasteiger partial charge is 0.183 e. The van der Waals surface area contributed by atoms with Crippen LogP contribution in [0.15, 0.2) is 30.9 Å². The van der Waals surface area contributed by atoms with Crippen molar-refractivity contribution in [2.24, 2.45) is 0 Å². The maximum atomic E-state index is 5.44. The van der Waals surface area contributed by atoms with Gasteiger partial charge in [-0.05, 0) is 24.1 Å². The van der Waals surface area contributed by atoms with Crippen molar-refractivity contribution in [2.45, 2.75) is 19.8 Å². The molecule has 0 radical (unpaired) electrons. The van der Waals surface area contributed by atoms with E-state index in [9.17, 15) is 0 Å². The molecular formula is C14H18N4O. The van der Waals surface area contributed by atoms with E-state index in [1.165, 1.54) is 0 Å². The zero-order valence-corrected chi connectivity index (χ0v) is 11.3. The molecule has 0 aliphatic rings. The lowest BCUT2D eigenvalue weighted by molar-refractivity contribution is 0.407. The standard InChI is InChI=1S/C14H18N4O/c1-3-6-16-14-13(19-2)12(17-10-18-14)9-11-4-7-15-8-5-11/h4-5,7-8,10H,3,6,9H2,1-2H3,(H,16,17,18). The van der Waals surface area contributed by atoms with Crippen molar-refractivity contribution in [2.75, 3.05) is 19.0 Å². The van der Waals surface area contributed by atoms with E-state index >= 15 is 0 Å². The molecule has 2 aromatic rings. The average Bonchev–Trinajstić information content (AvgIpc) is 2.46. The van der Waals surface area contributed by atoms with Crippen LogP contribution in [-0.4, -0.2) is 28.6 Å². The first-order valence-corrected chi connectivity index (χ1v) is 6.35. The van der Waals surface area contributed by atoms with Crippen molar-refractivity contribution in [1.29, 1.82) is 0 Å². The van der Waals surface area contributed by atoms with Gasteiger partial charge in [0.2, 0.25) is 0 Å². The topological polar surface area (TPSA) is 59.9 Å². The summed E-state index contributed by atoms with van der Waals surface area (Å²) in [6.07, 6.45) is 6.86. The van der Waals surface area contributed by atoms with Crippen molar-refractivity contribution in [3.63, 3.8) is 0 Å². The van der Waals surface area contributed by atoms with E-state index in [0.717, 1.165) is 30.0 Å². The third-order valence-corrected chi connectivity index (χ3v) is 2.75. The molecule has 0 saturated heterocycles. The molecule has 0 aromatic carbocycles. The highest BCUT2D eigenvalue weighted by atomic mass is 16.5. The number of nitrogens with one attached hydrogen (secondary N) is 1. The fourth-order valence-electron chi connectivity index (χ4n) is 1.81. The highest BCUT2D eigenvalue weighted by Crippen LogP contribution is 2.26. The summed E-state index contributed by atoms with van der Waals surface area (Å²) in [5, 5.41) is 3.25. The molecule has 0 fully saturated rings. The molecule has 0 aliphatic heterocycles. The van der Waals surface area contributed by atoms with E-state index in [1.54, 1.807) is 25.8 Å². The van der Waals surface area contributed by atoms with E-state index in [4.69, 9.17) is 4.74 Å². The zero-order valence-electron chi connectivity index (χ0n) is 11.3. The fourth-order valence-corrected chi connectivity index (χ4v) is 1.81. The summed E-state index contributed by atoms with van der Waals surface area (Å²) in [5.74, 6) is 1.47. The monoisotopic (exact) mass is 258 g/mol. The Kier molecular flexibility index (Phi) is 4.66. The molecule has 2 heterocycles. The SMILES string of the molecule is CCCNc1ncnc(Cc2ccncc2)c1OC. The Morgan fingerprint density at radius 2 is 2.00 bits per heavy atom. The van der Waals surface area contributed by atoms with Crippen molar-refractivity contribution < 1.29 is 4.74 Å². The Hall–Kier alpha value is -2.17. The summed E-state index contributed by atoms with van der Waals surface area (Å²) >= 11 is 0. The molecule has 2 rings (SSSR count). The Labute approximate surface area is 113 Å². The second-order valence-electron chi connectivity index (χ2n) is 4.16. The normalized spacial score (nSPS) is 10.2. The minimum atomic E-state index is 0.703. The first-order valence-electron chi connectivity index (χ1n) is 6.35. The average molecular weight is 258 g/mol. The van der Waals surface area contributed by atoms with E-state index in [0.29, 0.717) is 12.2 Å². The molecule has 0 spiro atoms. The minimum absolute atomic E-state index is 0.703. The molecule has 2 aromatic heterocycles. The number of hydrogen-bond donors (Lipinski definition) is 1. The maximum Gasteiger partial charge on any atom is 0.183 e. The van der Waals surface area contributed by atoms with Gasteiger partial charge in [-0.15, -0.1) is 0 Å². The van der Waals surface area contributed by atoms with Crippen molar-refractivity contribution in [3.8, 4) is 5.75 Å². The molecular weight excluding hydrogens is 240 g/mol. The van der Waals surface area contributed by atoms with Crippen molar-refractivity contribution in [1.82, 2.24) is 15.0 Å². The number of hydrogen-bond acceptors (Lipinski definition) is 5. The summed E-state index contributed by atoms with van der Waals surface area (Å²) in [6, 6.07) is 3.95. The van der Waals surface area contributed by atoms with E-state index < -0.39 is 0 Å². The molecule has 19 heavy (non-hydrogen) atoms. The van der Waals surface area contributed by atoms with Crippen LogP contribution in [0, 0.1) is 0 Å². The molecule has 5 heteroatoms. The van der Waals surface area contributed by atoms with Gasteiger partial charge in [-0.1, -0.05) is 6.92 Å².